The van der Waals surface area contributed by atoms with Gasteiger partial charge in [0, 0.05) is 30.6 Å². The minimum absolute atomic E-state index is 0.106. The third-order valence-electron chi connectivity index (χ3n) is 2.64. The minimum atomic E-state index is -1.01. The first-order valence-electron chi connectivity index (χ1n) is 6.10. The first kappa shape index (κ1) is 16.3. The van der Waals surface area contributed by atoms with Crippen molar-refractivity contribution < 1.29 is 19.8 Å². The molecule has 0 heterocycles. The van der Waals surface area contributed by atoms with Crippen LogP contribution in [0.2, 0.25) is 5.02 Å². The SMILES string of the molecule is O=C(O)CC(CO)CNC(=O)NCc1ccc(Cl)cc1. The van der Waals surface area contributed by atoms with Gasteiger partial charge in [-0.3, -0.25) is 4.79 Å². The summed E-state index contributed by atoms with van der Waals surface area (Å²) in [6, 6.07) is 6.63. The molecule has 1 atom stereocenters. The van der Waals surface area contributed by atoms with E-state index in [-0.39, 0.29) is 19.6 Å². The number of hydrogen-bond donors (Lipinski definition) is 4. The first-order valence-corrected chi connectivity index (χ1v) is 6.48. The Kier molecular flexibility index (Phi) is 6.83. The molecule has 110 valence electrons. The monoisotopic (exact) mass is 300 g/mol. The van der Waals surface area contributed by atoms with Crippen LogP contribution in [0.5, 0.6) is 0 Å². The quantitative estimate of drug-likeness (QED) is 0.608. The van der Waals surface area contributed by atoms with Crippen LogP contribution < -0.4 is 10.6 Å². The van der Waals surface area contributed by atoms with Crippen molar-refractivity contribution in [3.63, 3.8) is 0 Å². The van der Waals surface area contributed by atoms with Gasteiger partial charge in [0.15, 0.2) is 0 Å². The standard InChI is InChI=1S/C13H17ClN2O4/c14-11-3-1-9(2-4-11)6-15-13(20)16-7-10(8-17)5-12(18)19/h1-4,10,17H,5-8H2,(H,18,19)(H2,15,16,20). The molecule has 1 aromatic rings. The Morgan fingerprint density at radius 1 is 1.20 bits per heavy atom. The molecule has 0 bridgehead atoms. The van der Waals surface area contributed by atoms with Crippen LogP contribution in [0.25, 0.3) is 0 Å². The van der Waals surface area contributed by atoms with E-state index in [2.05, 4.69) is 10.6 Å². The van der Waals surface area contributed by atoms with Crippen molar-refractivity contribution in [2.45, 2.75) is 13.0 Å². The zero-order valence-corrected chi connectivity index (χ0v) is 11.6. The number of aliphatic carboxylic acids is 1. The molecule has 1 rings (SSSR count). The number of amides is 2. The van der Waals surface area contributed by atoms with Gasteiger partial charge in [-0.2, -0.15) is 0 Å². The molecule has 0 aliphatic carbocycles. The van der Waals surface area contributed by atoms with Crippen LogP contribution in [0.3, 0.4) is 0 Å². The smallest absolute Gasteiger partial charge is 0.315 e. The second-order valence-corrected chi connectivity index (χ2v) is 4.77. The first-order chi connectivity index (χ1) is 9.51. The molecule has 0 saturated heterocycles. The van der Waals surface area contributed by atoms with Gasteiger partial charge in [0.1, 0.15) is 0 Å². The summed E-state index contributed by atoms with van der Waals surface area (Å²) in [6.07, 6.45) is -0.187. The lowest BCUT2D eigenvalue weighted by Gasteiger charge is -2.13. The summed E-state index contributed by atoms with van der Waals surface area (Å²) in [6.45, 7) is 0.157. The molecule has 0 aromatic heterocycles. The molecule has 0 aliphatic heterocycles. The van der Waals surface area contributed by atoms with Gasteiger partial charge in [-0.05, 0) is 17.7 Å². The van der Waals surface area contributed by atoms with Crippen LogP contribution in [0.1, 0.15) is 12.0 Å². The third kappa shape index (κ3) is 6.40. The average molecular weight is 301 g/mol. The second-order valence-electron chi connectivity index (χ2n) is 4.34. The second kappa shape index (κ2) is 8.39. The molecule has 20 heavy (non-hydrogen) atoms. The number of benzene rings is 1. The topological polar surface area (TPSA) is 98.7 Å². The van der Waals surface area contributed by atoms with E-state index in [4.69, 9.17) is 21.8 Å². The summed E-state index contributed by atoms with van der Waals surface area (Å²) in [5.74, 6) is -1.50. The van der Waals surface area contributed by atoms with Gasteiger partial charge in [0.05, 0.1) is 6.42 Å². The fourth-order valence-corrected chi connectivity index (χ4v) is 1.66. The van der Waals surface area contributed by atoms with Crippen LogP contribution in [-0.4, -0.2) is 35.4 Å². The highest BCUT2D eigenvalue weighted by atomic mass is 35.5. The van der Waals surface area contributed by atoms with Crippen LogP contribution in [-0.2, 0) is 11.3 Å². The molecule has 1 unspecified atom stereocenters. The zero-order chi connectivity index (χ0) is 15.0. The number of aliphatic hydroxyl groups excluding tert-OH is 1. The number of aliphatic hydroxyl groups is 1. The molecular weight excluding hydrogens is 284 g/mol. The zero-order valence-electron chi connectivity index (χ0n) is 10.8. The van der Waals surface area contributed by atoms with E-state index in [1.165, 1.54) is 0 Å². The largest absolute Gasteiger partial charge is 0.481 e. The summed E-state index contributed by atoms with van der Waals surface area (Å²) in [5, 5.41) is 23.4. The lowest BCUT2D eigenvalue weighted by atomic mass is 10.1. The fraction of sp³-hybridized carbons (Fsp3) is 0.385. The van der Waals surface area contributed by atoms with E-state index < -0.39 is 17.9 Å². The summed E-state index contributed by atoms with van der Waals surface area (Å²) < 4.78 is 0. The normalized spacial score (nSPS) is 11.7. The Labute approximate surface area is 121 Å². The molecule has 0 aliphatic rings. The lowest BCUT2D eigenvalue weighted by molar-refractivity contribution is -0.138. The number of nitrogens with one attached hydrogen (secondary N) is 2. The molecule has 0 radical (unpaired) electrons. The summed E-state index contributed by atoms with van der Waals surface area (Å²) in [7, 11) is 0. The minimum Gasteiger partial charge on any atom is -0.481 e. The number of urea groups is 1. The van der Waals surface area contributed by atoms with Crippen molar-refractivity contribution in [3.8, 4) is 0 Å². The van der Waals surface area contributed by atoms with Crippen molar-refractivity contribution >= 4 is 23.6 Å². The van der Waals surface area contributed by atoms with Gasteiger partial charge >= 0.3 is 12.0 Å². The highest BCUT2D eigenvalue weighted by Crippen LogP contribution is 2.09. The number of carboxylic acids is 1. The van der Waals surface area contributed by atoms with E-state index in [1.54, 1.807) is 24.3 Å². The van der Waals surface area contributed by atoms with E-state index in [0.717, 1.165) is 5.56 Å². The summed E-state index contributed by atoms with van der Waals surface area (Å²) >= 11 is 5.75. The number of carboxylic acid groups (broad SMARTS) is 1. The van der Waals surface area contributed by atoms with Crippen molar-refractivity contribution in [2.75, 3.05) is 13.2 Å². The average Bonchev–Trinajstić information content (AvgIpc) is 2.42. The highest BCUT2D eigenvalue weighted by Gasteiger charge is 2.13. The maximum Gasteiger partial charge on any atom is 0.315 e. The molecule has 0 saturated carbocycles. The van der Waals surface area contributed by atoms with Crippen LogP contribution in [0, 0.1) is 5.92 Å². The Bertz CT molecular complexity index is 450. The van der Waals surface area contributed by atoms with E-state index >= 15 is 0 Å². The molecule has 1 aromatic carbocycles. The Balaban J connectivity index is 2.29. The highest BCUT2D eigenvalue weighted by molar-refractivity contribution is 6.30. The van der Waals surface area contributed by atoms with Gasteiger partial charge in [0.25, 0.3) is 0 Å². The Morgan fingerprint density at radius 3 is 2.40 bits per heavy atom. The molecule has 7 heteroatoms. The van der Waals surface area contributed by atoms with Gasteiger partial charge < -0.3 is 20.8 Å². The molecule has 6 nitrogen and oxygen atoms in total. The van der Waals surface area contributed by atoms with Gasteiger partial charge in [0.2, 0.25) is 0 Å². The number of rotatable bonds is 7. The molecule has 0 fully saturated rings. The van der Waals surface area contributed by atoms with Crippen LogP contribution >= 0.6 is 11.6 Å². The number of halogens is 1. The van der Waals surface area contributed by atoms with E-state index in [0.29, 0.717) is 11.6 Å². The van der Waals surface area contributed by atoms with Crippen molar-refractivity contribution in [2.24, 2.45) is 5.92 Å². The molecule has 4 N–H and O–H groups in total. The van der Waals surface area contributed by atoms with Gasteiger partial charge in [-0.25, -0.2) is 4.79 Å². The number of carbonyl (C=O) groups is 2. The lowest BCUT2D eigenvalue weighted by Crippen LogP contribution is -2.39. The number of carbonyl (C=O) groups excluding carboxylic acids is 1. The predicted octanol–water partition coefficient (Wildman–Crippen LogP) is 1.22. The third-order valence-corrected chi connectivity index (χ3v) is 2.89. The predicted molar refractivity (Wildman–Crippen MR) is 74.5 cm³/mol. The maximum absolute atomic E-state index is 11.5. The van der Waals surface area contributed by atoms with Crippen LogP contribution in [0.15, 0.2) is 24.3 Å². The van der Waals surface area contributed by atoms with Crippen molar-refractivity contribution in [1.82, 2.24) is 10.6 Å². The van der Waals surface area contributed by atoms with E-state index in [9.17, 15) is 9.59 Å². The van der Waals surface area contributed by atoms with Crippen molar-refractivity contribution in [1.29, 1.82) is 0 Å². The summed E-state index contributed by atoms with van der Waals surface area (Å²) in [5.41, 5.74) is 0.897. The fourth-order valence-electron chi connectivity index (χ4n) is 1.53. The van der Waals surface area contributed by atoms with Crippen LogP contribution in [0.4, 0.5) is 4.79 Å². The molecule has 2 amide bonds. The Morgan fingerprint density at radius 2 is 1.85 bits per heavy atom. The van der Waals surface area contributed by atoms with Gasteiger partial charge in [-0.15, -0.1) is 0 Å². The number of hydrogen-bond acceptors (Lipinski definition) is 3. The Hall–Kier alpha value is -1.79. The summed E-state index contributed by atoms with van der Waals surface area (Å²) in [4.78, 5) is 22.0. The maximum atomic E-state index is 11.5. The molecule has 0 spiro atoms. The molecular formula is C13H17ClN2O4. The van der Waals surface area contributed by atoms with Crippen molar-refractivity contribution in [3.05, 3.63) is 34.9 Å². The van der Waals surface area contributed by atoms with E-state index in [1.807, 2.05) is 0 Å². The van der Waals surface area contributed by atoms with Gasteiger partial charge in [-0.1, -0.05) is 23.7 Å².